The fourth-order valence-electron chi connectivity index (χ4n) is 1.26. The number of hydrogen-bond acceptors (Lipinski definition) is 2. The minimum Gasteiger partial charge on any atom is -0.350 e. The van der Waals surface area contributed by atoms with Crippen molar-refractivity contribution in [1.82, 2.24) is 0 Å². The van der Waals surface area contributed by atoms with Crippen molar-refractivity contribution in [2.75, 3.05) is 5.32 Å². The Hall–Kier alpha value is -1.49. The van der Waals surface area contributed by atoms with Crippen molar-refractivity contribution in [2.24, 2.45) is 4.99 Å². The van der Waals surface area contributed by atoms with Gasteiger partial charge in [0.05, 0.1) is 11.4 Å². The molecule has 0 spiro atoms. The molecule has 1 aromatic rings. The van der Waals surface area contributed by atoms with E-state index in [4.69, 9.17) is 11.6 Å². The normalized spacial score (nSPS) is 14.9. The van der Waals surface area contributed by atoms with Crippen molar-refractivity contribution in [3.8, 4) is 0 Å². The van der Waals surface area contributed by atoms with Crippen LogP contribution in [0.5, 0.6) is 0 Å². The van der Waals surface area contributed by atoms with Gasteiger partial charge in [-0.25, -0.2) is 0 Å². The number of alkyl halides is 3. The van der Waals surface area contributed by atoms with Gasteiger partial charge in [0.15, 0.2) is 0 Å². The van der Waals surface area contributed by atoms with Crippen LogP contribution in [0.2, 0.25) is 5.02 Å². The lowest BCUT2D eigenvalue weighted by atomic mass is 10.2. The van der Waals surface area contributed by atoms with Gasteiger partial charge < -0.3 is 5.32 Å². The Kier molecular flexibility index (Phi) is 2.63. The lowest BCUT2D eigenvalue weighted by Crippen LogP contribution is -2.18. The summed E-state index contributed by atoms with van der Waals surface area (Å²) in [5.74, 6) is 0. The molecular weight excluding hydrogens is 241 g/mol. The third-order valence-corrected chi connectivity index (χ3v) is 2.22. The summed E-state index contributed by atoms with van der Waals surface area (Å²) in [6, 6.07) is 4.45. The summed E-state index contributed by atoms with van der Waals surface area (Å²) in [5.41, 5.74) is -0.193. The van der Waals surface area contributed by atoms with E-state index in [1.165, 1.54) is 18.2 Å². The monoisotopic (exact) mass is 246 g/mol. The number of fused-ring (bicyclic) bond motifs is 1. The van der Waals surface area contributed by atoms with Crippen LogP contribution < -0.4 is 5.32 Å². The number of anilines is 1. The summed E-state index contributed by atoms with van der Waals surface area (Å²) in [6.45, 7) is 0. The number of hydrogen-bond donors (Lipinski definition) is 1. The summed E-state index contributed by atoms with van der Waals surface area (Å²) in [6.07, 6.45) is -2.45. The molecule has 16 heavy (non-hydrogen) atoms. The molecule has 0 unspecified atom stereocenters. The summed E-state index contributed by atoms with van der Waals surface area (Å²) >= 11 is 5.72. The third kappa shape index (κ3) is 2.19. The highest BCUT2D eigenvalue weighted by molar-refractivity contribution is 6.31. The van der Waals surface area contributed by atoms with E-state index in [0.29, 0.717) is 10.7 Å². The number of benzene rings is 1. The van der Waals surface area contributed by atoms with Gasteiger partial charge >= 0.3 is 6.18 Å². The molecule has 0 atom stereocenters. The molecule has 0 saturated carbocycles. The minimum absolute atomic E-state index is 0.279. The van der Waals surface area contributed by atoms with E-state index in [0.717, 1.165) is 12.3 Å². The highest BCUT2D eigenvalue weighted by Gasteiger charge is 2.34. The highest BCUT2D eigenvalue weighted by atomic mass is 35.5. The SMILES string of the molecule is FC(F)(F)C1=CC=Nc2cc(Cl)ccc2N1. The molecule has 0 radical (unpaired) electrons. The third-order valence-electron chi connectivity index (χ3n) is 1.99. The summed E-state index contributed by atoms with van der Waals surface area (Å²) in [7, 11) is 0. The Morgan fingerprint density at radius 1 is 1.25 bits per heavy atom. The smallest absolute Gasteiger partial charge is 0.350 e. The Balaban J connectivity index is 2.41. The molecule has 1 N–H and O–H groups in total. The first kappa shape index (κ1) is 11.0. The molecular formula is C10H6ClF3N2. The zero-order valence-electron chi connectivity index (χ0n) is 7.85. The molecule has 1 aliphatic heterocycles. The summed E-state index contributed by atoms with van der Waals surface area (Å²) in [5, 5.41) is 2.70. The molecule has 0 fully saturated rings. The fraction of sp³-hybridized carbons (Fsp3) is 0.100. The van der Waals surface area contributed by atoms with Gasteiger partial charge in [0.25, 0.3) is 0 Å². The molecule has 2 rings (SSSR count). The quantitative estimate of drug-likeness (QED) is 0.737. The van der Waals surface area contributed by atoms with E-state index < -0.39 is 11.9 Å². The highest BCUT2D eigenvalue weighted by Crippen LogP contribution is 2.34. The van der Waals surface area contributed by atoms with E-state index >= 15 is 0 Å². The van der Waals surface area contributed by atoms with E-state index in [9.17, 15) is 13.2 Å². The van der Waals surface area contributed by atoms with Crippen LogP contribution in [-0.4, -0.2) is 12.4 Å². The van der Waals surface area contributed by atoms with Crippen molar-refractivity contribution >= 4 is 29.2 Å². The molecule has 0 bridgehead atoms. The zero-order valence-corrected chi connectivity index (χ0v) is 8.60. The van der Waals surface area contributed by atoms with Gasteiger partial charge in [0, 0.05) is 11.2 Å². The average molecular weight is 247 g/mol. The van der Waals surface area contributed by atoms with Crippen LogP contribution in [0.25, 0.3) is 0 Å². The Labute approximate surface area is 94.4 Å². The molecule has 0 aliphatic carbocycles. The van der Waals surface area contributed by atoms with Gasteiger partial charge in [-0.3, -0.25) is 4.99 Å². The molecule has 6 heteroatoms. The number of aliphatic imine (C=N–C) groups is 1. The van der Waals surface area contributed by atoms with Crippen LogP contribution in [0.3, 0.4) is 0 Å². The van der Waals surface area contributed by atoms with Crippen molar-refractivity contribution in [2.45, 2.75) is 6.18 Å². The predicted octanol–water partition coefficient (Wildman–Crippen LogP) is 3.91. The van der Waals surface area contributed by atoms with Crippen LogP contribution in [0.4, 0.5) is 24.5 Å². The maximum Gasteiger partial charge on any atom is 0.431 e. The molecule has 1 aliphatic rings. The lowest BCUT2D eigenvalue weighted by Gasteiger charge is -2.13. The van der Waals surface area contributed by atoms with E-state index in [2.05, 4.69) is 10.3 Å². The second-order valence-corrected chi connectivity index (χ2v) is 3.58. The van der Waals surface area contributed by atoms with E-state index in [-0.39, 0.29) is 5.69 Å². The van der Waals surface area contributed by atoms with Crippen molar-refractivity contribution in [1.29, 1.82) is 0 Å². The van der Waals surface area contributed by atoms with Crippen LogP contribution in [0.15, 0.2) is 35.0 Å². The van der Waals surface area contributed by atoms with Gasteiger partial charge in [-0.2, -0.15) is 13.2 Å². The molecule has 2 nitrogen and oxygen atoms in total. The Bertz CT molecular complexity index is 477. The lowest BCUT2D eigenvalue weighted by molar-refractivity contribution is -0.0900. The number of nitrogens with one attached hydrogen (secondary N) is 1. The van der Waals surface area contributed by atoms with Gasteiger partial charge in [-0.15, -0.1) is 0 Å². The standard InChI is InChI=1S/C10H6ClF3N2/c11-6-1-2-7-8(5-6)15-4-3-9(16-7)10(12,13)14/h1-5,16H. The number of nitrogens with zero attached hydrogens (tertiary/aromatic N) is 1. The Morgan fingerprint density at radius 3 is 2.69 bits per heavy atom. The molecule has 1 aromatic carbocycles. The second-order valence-electron chi connectivity index (χ2n) is 3.14. The van der Waals surface area contributed by atoms with Gasteiger partial charge in [0.1, 0.15) is 5.70 Å². The maximum absolute atomic E-state index is 12.5. The summed E-state index contributed by atoms with van der Waals surface area (Å²) in [4.78, 5) is 3.86. The van der Waals surface area contributed by atoms with Crippen molar-refractivity contribution in [3.05, 3.63) is 35.0 Å². The minimum atomic E-state index is -4.42. The maximum atomic E-state index is 12.5. The fourth-order valence-corrected chi connectivity index (χ4v) is 1.43. The predicted molar refractivity (Wildman–Crippen MR) is 57.4 cm³/mol. The number of rotatable bonds is 0. The van der Waals surface area contributed by atoms with Crippen molar-refractivity contribution < 1.29 is 13.2 Å². The largest absolute Gasteiger partial charge is 0.431 e. The van der Waals surface area contributed by atoms with Gasteiger partial charge in [-0.1, -0.05) is 11.6 Å². The number of halogens is 4. The van der Waals surface area contributed by atoms with Crippen LogP contribution in [0.1, 0.15) is 0 Å². The van der Waals surface area contributed by atoms with Crippen LogP contribution in [-0.2, 0) is 0 Å². The molecule has 84 valence electrons. The van der Waals surface area contributed by atoms with Crippen molar-refractivity contribution in [3.63, 3.8) is 0 Å². The van der Waals surface area contributed by atoms with Crippen LogP contribution >= 0.6 is 11.6 Å². The van der Waals surface area contributed by atoms with Gasteiger partial charge in [0.2, 0.25) is 0 Å². The average Bonchev–Trinajstić information content (AvgIpc) is 2.38. The zero-order chi connectivity index (χ0) is 11.8. The molecule has 0 amide bonds. The topological polar surface area (TPSA) is 24.4 Å². The van der Waals surface area contributed by atoms with Crippen LogP contribution in [0, 0.1) is 0 Å². The molecule has 0 saturated heterocycles. The first-order valence-electron chi connectivity index (χ1n) is 4.35. The number of allylic oxidation sites excluding steroid dienone is 2. The first-order chi connectivity index (χ1) is 7.47. The van der Waals surface area contributed by atoms with Gasteiger partial charge in [-0.05, 0) is 24.3 Å². The van der Waals surface area contributed by atoms with E-state index in [1.807, 2.05) is 0 Å². The molecule has 0 aromatic heterocycles. The summed E-state index contributed by atoms with van der Waals surface area (Å²) < 4.78 is 37.4. The second kappa shape index (κ2) is 3.83. The van der Waals surface area contributed by atoms with E-state index in [1.54, 1.807) is 0 Å². The first-order valence-corrected chi connectivity index (χ1v) is 4.73. The molecule has 1 heterocycles. The Morgan fingerprint density at radius 2 is 2.00 bits per heavy atom.